The summed E-state index contributed by atoms with van der Waals surface area (Å²) in [5, 5.41) is 0. The van der Waals surface area contributed by atoms with E-state index in [1.165, 1.54) is 7.11 Å². The molecule has 1 fully saturated rings. The van der Waals surface area contributed by atoms with Crippen molar-refractivity contribution >= 4 is 29.0 Å². The first kappa shape index (κ1) is 15.6. The number of methoxy groups -OCH3 is 1. The van der Waals surface area contributed by atoms with Gasteiger partial charge in [0.15, 0.2) is 0 Å². The summed E-state index contributed by atoms with van der Waals surface area (Å²) in [5.74, 6) is 0.277. The maximum atomic E-state index is 11.5. The average molecular weight is 309 g/mol. The Kier molecular flexibility index (Phi) is 5.03. The van der Waals surface area contributed by atoms with E-state index < -0.39 is 5.97 Å². The number of nitrogens with zero attached hydrogens (tertiary/aromatic N) is 4. The molecule has 1 saturated heterocycles. The van der Waals surface area contributed by atoms with Gasteiger partial charge in [0.05, 0.1) is 18.1 Å². The van der Waals surface area contributed by atoms with Crippen LogP contribution in [0.1, 0.15) is 17.5 Å². The maximum absolute atomic E-state index is 11.5. The highest BCUT2D eigenvalue weighted by molar-refractivity contribution is 7.80. The molecular formula is C13H19N5O2S. The number of ether oxygens (including phenoxy) is 1. The summed E-state index contributed by atoms with van der Waals surface area (Å²) in [6, 6.07) is 1.89. The average Bonchev–Trinajstić information content (AvgIpc) is 2.53. The normalized spacial score (nSPS) is 17.3. The number of anilines is 1. The van der Waals surface area contributed by atoms with E-state index in [1.54, 1.807) is 12.3 Å². The molecule has 1 unspecified atom stereocenters. The first-order chi connectivity index (χ1) is 10.0. The lowest BCUT2D eigenvalue weighted by Crippen LogP contribution is -2.53. The first-order valence-electron chi connectivity index (χ1n) is 6.72. The minimum atomic E-state index is -0.530. The highest BCUT2D eigenvalue weighted by atomic mass is 32.1. The van der Waals surface area contributed by atoms with Gasteiger partial charge in [-0.1, -0.05) is 12.2 Å². The van der Waals surface area contributed by atoms with Gasteiger partial charge >= 0.3 is 5.97 Å². The Labute approximate surface area is 129 Å². The molecule has 2 N–H and O–H groups in total. The monoisotopic (exact) mass is 309 g/mol. The van der Waals surface area contributed by atoms with Crippen LogP contribution in [0.5, 0.6) is 0 Å². The van der Waals surface area contributed by atoms with Crippen molar-refractivity contribution in [2.24, 2.45) is 5.73 Å². The second-order valence-electron chi connectivity index (χ2n) is 4.83. The van der Waals surface area contributed by atoms with Gasteiger partial charge in [-0.3, -0.25) is 4.90 Å². The fraction of sp³-hybridized carbons (Fsp3) is 0.538. The molecule has 7 nitrogen and oxygen atoms in total. The van der Waals surface area contributed by atoms with E-state index in [9.17, 15) is 4.79 Å². The number of hydrogen-bond acceptors (Lipinski definition) is 7. The number of thiocarbonyl (C=S) groups is 1. The quantitative estimate of drug-likeness (QED) is 0.617. The van der Waals surface area contributed by atoms with Gasteiger partial charge in [0, 0.05) is 32.4 Å². The number of esters is 1. The third kappa shape index (κ3) is 3.64. The molecule has 1 aromatic heterocycles. The van der Waals surface area contributed by atoms with Crippen LogP contribution in [0.4, 0.5) is 5.82 Å². The second kappa shape index (κ2) is 6.77. The van der Waals surface area contributed by atoms with Gasteiger partial charge in [-0.2, -0.15) is 0 Å². The molecule has 2 heterocycles. The molecule has 21 heavy (non-hydrogen) atoms. The van der Waals surface area contributed by atoms with Crippen molar-refractivity contribution in [3.8, 4) is 0 Å². The van der Waals surface area contributed by atoms with Crippen molar-refractivity contribution in [1.82, 2.24) is 14.9 Å². The third-order valence-corrected chi connectivity index (χ3v) is 3.95. The van der Waals surface area contributed by atoms with Crippen molar-refractivity contribution in [3.05, 3.63) is 18.1 Å². The van der Waals surface area contributed by atoms with Crippen LogP contribution in [0.2, 0.25) is 0 Å². The van der Waals surface area contributed by atoms with Gasteiger partial charge in [0.25, 0.3) is 0 Å². The standard InChI is InChI=1S/C13H19N5O2S/c1-9(11(14)21)17-5-7-18(8-6-17)10-3-4-15-12(16-10)13(19)20-2/h3-4,9H,5-8H2,1-2H3,(H2,14,21). The molecule has 0 amide bonds. The van der Waals surface area contributed by atoms with Crippen LogP contribution in [0, 0.1) is 0 Å². The molecule has 8 heteroatoms. The summed E-state index contributed by atoms with van der Waals surface area (Å²) in [4.78, 5) is 24.5. The molecule has 0 aliphatic carbocycles. The zero-order valence-electron chi connectivity index (χ0n) is 12.2. The molecule has 2 rings (SSSR count). The van der Waals surface area contributed by atoms with Crippen LogP contribution in [0.15, 0.2) is 12.3 Å². The number of nitrogens with two attached hydrogens (primary N) is 1. The molecule has 0 aromatic carbocycles. The smallest absolute Gasteiger partial charge is 0.376 e. The van der Waals surface area contributed by atoms with Crippen molar-refractivity contribution in [3.63, 3.8) is 0 Å². The summed E-state index contributed by atoms with van der Waals surface area (Å²) >= 11 is 5.03. The summed E-state index contributed by atoms with van der Waals surface area (Å²) in [5.41, 5.74) is 5.69. The first-order valence-corrected chi connectivity index (χ1v) is 7.13. The Morgan fingerprint density at radius 2 is 2.10 bits per heavy atom. The molecule has 114 valence electrons. The number of carbonyl (C=O) groups excluding carboxylic acids is 1. The molecule has 1 aliphatic heterocycles. The zero-order valence-corrected chi connectivity index (χ0v) is 13.0. The number of rotatable bonds is 4. The fourth-order valence-electron chi connectivity index (χ4n) is 2.23. The second-order valence-corrected chi connectivity index (χ2v) is 5.30. The summed E-state index contributed by atoms with van der Waals surface area (Å²) in [7, 11) is 1.31. The fourth-order valence-corrected chi connectivity index (χ4v) is 2.38. The summed E-state index contributed by atoms with van der Waals surface area (Å²) in [6.07, 6.45) is 1.57. The van der Waals surface area contributed by atoms with E-state index in [0.29, 0.717) is 4.99 Å². The lowest BCUT2D eigenvalue weighted by Gasteiger charge is -2.38. The van der Waals surface area contributed by atoms with E-state index in [4.69, 9.17) is 18.0 Å². The lowest BCUT2D eigenvalue weighted by atomic mass is 10.2. The molecule has 0 radical (unpaired) electrons. The van der Waals surface area contributed by atoms with Crippen molar-refractivity contribution in [1.29, 1.82) is 0 Å². The van der Waals surface area contributed by atoms with Crippen LogP contribution >= 0.6 is 12.2 Å². The molecule has 1 aliphatic rings. The Morgan fingerprint density at radius 1 is 1.43 bits per heavy atom. The number of hydrogen-bond donors (Lipinski definition) is 1. The molecule has 1 atom stereocenters. The van der Waals surface area contributed by atoms with E-state index in [2.05, 4.69) is 24.5 Å². The Hall–Kier alpha value is -1.80. The Balaban J connectivity index is 2.02. The SMILES string of the molecule is COC(=O)c1nccc(N2CCN(C(C)C(N)=S)CC2)n1. The van der Waals surface area contributed by atoms with Gasteiger partial charge in [-0.25, -0.2) is 14.8 Å². The molecule has 0 spiro atoms. The Morgan fingerprint density at radius 3 is 2.67 bits per heavy atom. The van der Waals surface area contributed by atoms with Crippen molar-refractivity contribution in [2.45, 2.75) is 13.0 Å². The van der Waals surface area contributed by atoms with E-state index >= 15 is 0 Å². The largest absolute Gasteiger partial charge is 0.463 e. The van der Waals surface area contributed by atoms with Crippen LogP contribution in [0.25, 0.3) is 0 Å². The minimum Gasteiger partial charge on any atom is -0.463 e. The van der Waals surface area contributed by atoms with E-state index in [1.807, 2.05) is 6.92 Å². The summed E-state index contributed by atoms with van der Waals surface area (Å²) < 4.78 is 4.63. The molecular weight excluding hydrogens is 290 g/mol. The van der Waals surface area contributed by atoms with Gasteiger partial charge in [0.1, 0.15) is 5.82 Å². The zero-order chi connectivity index (χ0) is 15.4. The van der Waals surface area contributed by atoms with Gasteiger partial charge in [0.2, 0.25) is 5.82 Å². The molecule has 0 saturated carbocycles. The van der Waals surface area contributed by atoms with Crippen molar-refractivity contribution in [2.75, 3.05) is 38.2 Å². The molecule has 0 bridgehead atoms. The lowest BCUT2D eigenvalue weighted by molar-refractivity contribution is 0.0586. The topological polar surface area (TPSA) is 84.6 Å². The minimum absolute atomic E-state index is 0.0777. The van der Waals surface area contributed by atoms with Crippen molar-refractivity contribution < 1.29 is 9.53 Å². The van der Waals surface area contributed by atoms with Gasteiger partial charge < -0.3 is 15.4 Å². The molecule has 1 aromatic rings. The maximum Gasteiger partial charge on any atom is 0.376 e. The number of aromatic nitrogens is 2. The highest BCUT2D eigenvalue weighted by Crippen LogP contribution is 2.15. The Bertz CT molecular complexity index is 531. The third-order valence-electron chi connectivity index (χ3n) is 3.61. The summed E-state index contributed by atoms with van der Waals surface area (Å²) in [6.45, 7) is 5.29. The predicted octanol–water partition coefficient (Wildman–Crippen LogP) is 0.0598. The van der Waals surface area contributed by atoms with Gasteiger partial charge in [-0.15, -0.1) is 0 Å². The van der Waals surface area contributed by atoms with E-state index in [0.717, 1.165) is 32.0 Å². The number of carbonyl (C=O) groups is 1. The van der Waals surface area contributed by atoms with Crippen LogP contribution in [-0.4, -0.2) is 65.2 Å². The van der Waals surface area contributed by atoms with Crippen LogP contribution in [-0.2, 0) is 4.74 Å². The predicted molar refractivity (Wildman–Crippen MR) is 83.4 cm³/mol. The number of piperazine rings is 1. The van der Waals surface area contributed by atoms with E-state index in [-0.39, 0.29) is 11.9 Å². The van der Waals surface area contributed by atoms with Gasteiger partial charge in [-0.05, 0) is 13.0 Å². The van der Waals surface area contributed by atoms with Crippen LogP contribution in [0.3, 0.4) is 0 Å². The van der Waals surface area contributed by atoms with Crippen LogP contribution < -0.4 is 10.6 Å². The highest BCUT2D eigenvalue weighted by Gasteiger charge is 2.23.